The fourth-order valence-corrected chi connectivity index (χ4v) is 12.6. The number of ether oxygens (including phenoxy) is 8. The Morgan fingerprint density at radius 1 is 0.627 bits per heavy atom. The molecule has 4 heterocycles. The van der Waals surface area contributed by atoms with Gasteiger partial charge in [0.2, 0.25) is 6.29 Å². The van der Waals surface area contributed by atoms with E-state index in [9.17, 15) is 71.2 Å². The highest BCUT2D eigenvalue weighted by Crippen LogP contribution is 2.68. The van der Waals surface area contributed by atoms with Crippen LogP contribution in [0.4, 0.5) is 0 Å². The van der Waals surface area contributed by atoms with Crippen LogP contribution in [0, 0.1) is 28.1 Å². The van der Waals surface area contributed by atoms with Crippen LogP contribution in [0.25, 0.3) is 0 Å². The molecule has 0 aromatic carbocycles. The smallest absolute Gasteiger partial charge is 0.314 e. The second-order valence-corrected chi connectivity index (χ2v) is 20.8. The second kappa shape index (κ2) is 20.4. The minimum Gasteiger partial charge on any atom is -0.432 e. The van der Waals surface area contributed by atoms with Crippen LogP contribution in [-0.2, 0) is 42.7 Å². The van der Waals surface area contributed by atoms with Crippen LogP contribution in [0.1, 0.15) is 79.1 Å². The lowest BCUT2D eigenvalue weighted by molar-refractivity contribution is -0.393. The van der Waals surface area contributed by atoms with Gasteiger partial charge in [-0.15, -0.1) is 5.73 Å². The number of rotatable bonds is 11. The Balaban J connectivity index is 1.18. The summed E-state index contributed by atoms with van der Waals surface area (Å²) < 4.78 is 48.0. The highest BCUT2D eigenvalue weighted by Gasteiger charge is 2.64. The Bertz CT molecular complexity index is 1770. The fraction of sp³-hybridized carbons (Fsp3) is 0.911. The summed E-state index contributed by atoms with van der Waals surface area (Å²) in [5.41, 5.74) is 0.493. The molecule has 7 rings (SSSR count). The molecule has 0 aromatic rings. The first-order valence-corrected chi connectivity index (χ1v) is 23.3. The van der Waals surface area contributed by atoms with Crippen molar-refractivity contribution in [2.75, 3.05) is 26.4 Å². The van der Waals surface area contributed by atoms with Gasteiger partial charge in [0.05, 0.1) is 37.4 Å². The van der Waals surface area contributed by atoms with Gasteiger partial charge in [-0.05, 0) is 81.5 Å². The number of esters is 1. The van der Waals surface area contributed by atoms with Gasteiger partial charge in [-0.3, -0.25) is 4.79 Å². The summed E-state index contributed by atoms with van der Waals surface area (Å²) in [4.78, 5) is 14.3. The zero-order valence-corrected chi connectivity index (χ0v) is 38.3. The van der Waals surface area contributed by atoms with Gasteiger partial charge in [-0.2, -0.15) is 0 Å². The van der Waals surface area contributed by atoms with E-state index in [2.05, 4.69) is 26.2 Å². The Labute approximate surface area is 388 Å². The average Bonchev–Trinajstić information content (AvgIpc) is 3.41. The van der Waals surface area contributed by atoms with E-state index in [1.54, 1.807) is 6.92 Å². The Kier molecular flexibility index (Phi) is 16.1. The molecular weight excluding hydrogens is 892 g/mol. The maximum absolute atomic E-state index is 14.3. The molecule has 0 radical (unpaired) electrons. The molecular formula is C45H72O22. The van der Waals surface area contributed by atoms with E-state index >= 15 is 0 Å². The molecule has 7 aliphatic rings. The van der Waals surface area contributed by atoms with Crippen molar-refractivity contribution in [1.29, 1.82) is 0 Å². The van der Waals surface area contributed by atoms with Gasteiger partial charge < -0.3 is 104 Å². The van der Waals surface area contributed by atoms with Crippen LogP contribution in [0.3, 0.4) is 0 Å². The van der Waals surface area contributed by atoms with Crippen molar-refractivity contribution in [2.45, 2.75) is 201 Å². The highest BCUT2D eigenvalue weighted by molar-refractivity contribution is 5.77. The molecule has 384 valence electrons. The largest absolute Gasteiger partial charge is 0.432 e. The molecule has 4 aliphatic heterocycles. The SMILES string of the molecule is C=C=C1C[C@@]2(C)CCC3[C@](C)(C(=O)OC4OC(CO)C(O)C(O)C4O)CCC[C@@]3(C)[C@@H]2CC[C@@]1(C)OC1OC(CO)C(O)C(OC2OC(CO)C(O)C(O)C2O)C1OC1OCC(O)C(O)C1O. The first-order valence-electron chi connectivity index (χ1n) is 23.3. The van der Waals surface area contributed by atoms with E-state index in [0.29, 0.717) is 50.5 Å². The number of hydrogen-bond donors (Lipinski definition) is 13. The number of fused-ring (bicyclic) bond motifs is 3. The minimum atomic E-state index is -1.94. The third-order valence-electron chi connectivity index (χ3n) is 16.6. The zero-order valence-electron chi connectivity index (χ0n) is 38.3. The summed E-state index contributed by atoms with van der Waals surface area (Å²) in [6.45, 7) is 9.26. The standard InChI is InChI=1S/C45H72O22/c1-6-19-14-42(2)12-8-25-43(3,10-7-11-44(25,4)41(59)66-39-34(58)31(55)28(52)22(16-47)62-39)24(42)9-13-45(19,5)67-40-36(65-37-32(56)26(50)20(49)18-60-37)35(29(53)23(17-48)63-40)64-38-33(57)30(54)27(51)21(15-46)61-38/h20-40,46-58H,1,7-18H2,2-5H3/t20?,21?,22?,23?,24-,25?,26?,27?,28?,29?,30?,31?,32?,33?,34?,35?,36?,37?,38?,39?,40?,42-,43+,44-,45-/m1/s1. The lowest BCUT2D eigenvalue weighted by Gasteiger charge is -2.62. The van der Waals surface area contributed by atoms with Crippen LogP contribution in [0.15, 0.2) is 17.9 Å². The average molecular weight is 965 g/mol. The van der Waals surface area contributed by atoms with Crippen molar-refractivity contribution in [3.8, 4) is 0 Å². The minimum absolute atomic E-state index is 0.0560. The van der Waals surface area contributed by atoms with Crippen LogP contribution in [0.5, 0.6) is 0 Å². The molecule has 22 nitrogen and oxygen atoms in total. The van der Waals surface area contributed by atoms with Crippen molar-refractivity contribution in [2.24, 2.45) is 28.1 Å². The maximum atomic E-state index is 14.3. The molecule has 0 amide bonds. The monoisotopic (exact) mass is 964 g/mol. The molecule has 22 heteroatoms. The quantitative estimate of drug-likeness (QED) is 0.0700. The van der Waals surface area contributed by atoms with E-state index in [0.717, 1.165) is 6.42 Å². The molecule has 4 saturated heterocycles. The van der Waals surface area contributed by atoms with Gasteiger partial charge >= 0.3 is 5.97 Å². The molecule has 20 unspecified atom stereocenters. The first kappa shape index (κ1) is 53.0. The Hall–Kier alpha value is -1.81. The second-order valence-electron chi connectivity index (χ2n) is 20.8. The van der Waals surface area contributed by atoms with Gasteiger partial charge in [0.15, 0.2) is 18.9 Å². The van der Waals surface area contributed by atoms with Gasteiger partial charge in [0, 0.05) is 5.57 Å². The zero-order chi connectivity index (χ0) is 49.1. The maximum Gasteiger partial charge on any atom is 0.314 e. The first-order chi connectivity index (χ1) is 31.5. The Morgan fingerprint density at radius 2 is 1.16 bits per heavy atom. The normalized spacial score (nSPS) is 52.9. The van der Waals surface area contributed by atoms with Crippen LogP contribution in [0.2, 0.25) is 0 Å². The van der Waals surface area contributed by atoms with Crippen molar-refractivity contribution in [3.63, 3.8) is 0 Å². The van der Waals surface area contributed by atoms with E-state index in [1.807, 2.05) is 6.92 Å². The summed E-state index contributed by atoms with van der Waals surface area (Å²) in [7, 11) is 0. The third-order valence-corrected chi connectivity index (χ3v) is 16.6. The van der Waals surface area contributed by atoms with Crippen molar-refractivity contribution in [1.82, 2.24) is 0 Å². The summed E-state index contributed by atoms with van der Waals surface area (Å²) in [6, 6.07) is 0. The summed E-state index contributed by atoms with van der Waals surface area (Å²) >= 11 is 0. The van der Waals surface area contributed by atoms with Crippen LogP contribution in [-0.4, -0.2) is 221 Å². The van der Waals surface area contributed by atoms with Crippen molar-refractivity contribution < 1.29 is 109 Å². The van der Waals surface area contributed by atoms with E-state index in [1.165, 1.54) is 0 Å². The lowest BCUT2D eigenvalue weighted by Crippen LogP contribution is -2.67. The van der Waals surface area contributed by atoms with Crippen LogP contribution < -0.4 is 0 Å². The molecule has 7 fully saturated rings. The van der Waals surface area contributed by atoms with Crippen molar-refractivity contribution >= 4 is 5.97 Å². The molecule has 13 N–H and O–H groups in total. The fourth-order valence-electron chi connectivity index (χ4n) is 12.6. The predicted octanol–water partition coefficient (Wildman–Crippen LogP) is -3.68. The van der Waals surface area contributed by atoms with Crippen molar-refractivity contribution in [3.05, 3.63) is 17.9 Å². The summed E-state index contributed by atoms with van der Waals surface area (Å²) in [5.74, 6) is -0.923. The van der Waals surface area contributed by atoms with Gasteiger partial charge in [0.25, 0.3) is 0 Å². The number of aliphatic hydroxyl groups is 13. The lowest BCUT2D eigenvalue weighted by atomic mass is 9.42. The molecule has 0 spiro atoms. The summed E-state index contributed by atoms with van der Waals surface area (Å²) in [5, 5.41) is 137. The molecule has 67 heavy (non-hydrogen) atoms. The Morgan fingerprint density at radius 3 is 1.78 bits per heavy atom. The number of aliphatic hydroxyl groups excluding tert-OH is 13. The number of carbonyl (C=O) groups is 1. The molecule has 0 aromatic heterocycles. The van der Waals surface area contributed by atoms with E-state index in [4.69, 9.17) is 37.9 Å². The number of hydrogen-bond acceptors (Lipinski definition) is 22. The van der Waals surface area contributed by atoms with Gasteiger partial charge in [0.1, 0.15) is 91.6 Å². The predicted molar refractivity (Wildman–Crippen MR) is 223 cm³/mol. The highest BCUT2D eigenvalue weighted by atomic mass is 16.8. The van der Waals surface area contributed by atoms with E-state index in [-0.39, 0.29) is 11.8 Å². The van der Waals surface area contributed by atoms with Gasteiger partial charge in [-0.25, -0.2) is 0 Å². The molecule has 3 saturated carbocycles. The molecule has 25 atom stereocenters. The van der Waals surface area contributed by atoms with Crippen LogP contribution >= 0.6 is 0 Å². The third kappa shape index (κ3) is 9.56. The molecule has 0 bridgehead atoms. The van der Waals surface area contributed by atoms with Gasteiger partial charge in [-0.1, -0.05) is 26.8 Å². The molecule has 3 aliphatic carbocycles. The topological polar surface area (TPSA) is 354 Å². The number of carbonyl (C=O) groups excluding carboxylic acids is 1. The van der Waals surface area contributed by atoms with E-state index < -0.39 is 171 Å². The summed E-state index contributed by atoms with van der Waals surface area (Å²) in [6.07, 6.45) is -27.4.